The van der Waals surface area contributed by atoms with E-state index >= 15 is 0 Å². The Kier molecular flexibility index (Phi) is 7.97. The number of amides is 1. The summed E-state index contributed by atoms with van der Waals surface area (Å²) in [5.41, 5.74) is 1.27. The van der Waals surface area contributed by atoms with Crippen molar-refractivity contribution in [2.75, 3.05) is 32.1 Å². The fraction of sp³-hybridized carbons (Fsp3) is 0.292. The topological polar surface area (TPSA) is 67.4 Å². The summed E-state index contributed by atoms with van der Waals surface area (Å²) in [6.07, 6.45) is 8.68. The summed E-state index contributed by atoms with van der Waals surface area (Å²) in [6.45, 7) is 2.93. The number of carbonyl (C=O) groups excluding carboxylic acids is 1. The van der Waals surface area contributed by atoms with Crippen LogP contribution in [0.15, 0.2) is 48.8 Å². The average Bonchev–Trinajstić information content (AvgIpc) is 2.82. The molecule has 1 aromatic heterocycles. The Bertz CT molecular complexity index is 1180. The first kappa shape index (κ1) is 23.7. The quantitative estimate of drug-likeness (QED) is 0.376. The van der Waals surface area contributed by atoms with Crippen LogP contribution in [0.5, 0.6) is 5.75 Å². The SMILES string of the molecule is COc1cc2ncnc([AsH]c3ccc(F)c(Cl)c3)c2cc1NC(=O)C=CCN1CCCCC1. The number of methoxy groups -OCH3 is 1. The zero-order valence-electron chi connectivity index (χ0n) is 18.3. The van der Waals surface area contributed by atoms with Gasteiger partial charge in [-0.15, -0.1) is 0 Å². The zero-order chi connectivity index (χ0) is 23.2. The fourth-order valence-electron chi connectivity index (χ4n) is 3.79. The molecule has 3 aromatic rings. The number of nitrogens with one attached hydrogen (secondary N) is 1. The molecule has 0 aliphatic carbocycles. The normalized spacial score (nSPS) is 15.0. The predicted molar refractivity (Wildman–Crippen MR) is 132 cm³/mol. The van der Waals surface area contributed by atoms with E-state index in [0.29, 0.717) is 17.0 Å². The van der Waals surface area contributed by atoms with E-state index in [4.69, 9.17) is 16.3 Å². The third kappa shape index (κ3) is 6.11. The van der Waals surface area contributed by atoms with Gasteiger partial charge in [0.05, 0.1) is 0 Å². The second kappa shape index (κ2) is 11.1. The molecular weight excluding hydrogens is 506 g/mol. The molecule has 1 unspecified atom stereocenters. The predicted octanol–water partition coefficient (Wildman–Crippen LogP) is 2.80. The van der Waals surface area contributed by atoms with Gasteiger partial charge in [-0.1, -0.05) is 6.42 Å². The zero-order valence-corrected chi connectivity index (χ0v) is 21.1. The monoisotopic (exact) mass is 530 g/mol. The van der Waals surface area contributed by atoms with Crippen LogP contribution in [0.1, 0.15) is 19.3 Å². The molecule has 33 heavy (non-hydrogen) atoms. The summed E-state index contributed by atoms with van der Waals surface area (Å²) >= 11 is 5.04. The van der Waals surface area contributed by atoms with Crippen molar-refractivity contribution < 1.29 is 13.9 Å². The molecule has 172 valence electrons. The molecule has 1 aliphatic rings. The van der Waals surface area contributed by atoms with Gasteiger partial charge >= 0.3 is 198 Å². The molecule has 1 saturated heterocycles. The molecule has 1 N–H and O–H groups in total. The van der Waals surface area contributed by atoms with E-state index in [1.165, 1.54) is 31.7 Å². The number of aromatic nitrogens is 2. The molecule has 1 aliphatic heterocycles. The van der Waals surface area contributed by atoms with E-state index in [1.807, 2.05) is 12.1 Å². The van der Waals surface area contributed by atoms with Gasteiger partial charge in [-0.05, 0) is 0 Å². The molecule has 0 radical (unpaired) electrons. The Hall–Kier alpha value is -2.47. The number of nitrogens with zero attached hydrogens (tertiary/aromatic N) is 3. The van der Waals surface area contributed by atoms with Crippen LogP contribution in [0.25, 0.3) is 10.9 Å². The van der Waals surface area contributed by atoms with Gasteiger partial charge in [0.1, 0.15) is 0 Å². The molecule has 6 nitrogen and oxygen atoms in total. The fourth-order valence-corrected chi connectivity index (χ4v) is 6.50. The van der Waals surface area contributed by atoms with E-state index < -0.39 is 21.6 Å². The van der Waals surface area contributed by atoms with Crippen LogP contribution < -0.4 is 18.9 Å². The third-order valence-corrected chi connectivity index (χ3v) is 8.36. The van der Waals surface area contributed by atoms with E-state index in [1.54, 1.807) is 31.4 Å². The minimum atomic E-state index is -0.906. The number of piperidine rings is 1. The van der Waals surface area contributed by atoms with Crippen LogP contribution in [-0.4, -0.2) is 63.3 Å². The van der Waals surface area contributed by atoms with E-state index in [9.17, 15) is 9.18 Å². The van der Waals surface area contributed by atoms with Crippen LogP contribution in [0, 0.1) is 5.82 Å². The molecule has 1 amide bonds. The van der Waals surface area contributed by atoms with Crippen molar-refractivity contribution >= 4 is 58.7 Å². The number of carbonyl (C=O) groups is 1. The number of ether oxygens (including phenoxy) is 1. The third-order valence-electron chi connectivity index (χ3n) is 5.48. The van der Waals surface area contributed by atoms with E-state index in [0.717, 1.165) is 33.9 Å². The Morgan fingerprint density at radius 1 is 1.24 bits per heavy atom. The molecule has 0 bridgehead atoms. The van der Waals surface area contributed by atoms with Crippen molar-refractivity contribution in [1.29, 1.82) is 0 Å². The van der Waals surface area contributed by atoms with Crippen LogP contribution in [0.2, 0.25) is 5.02 Å². The number of hydrogen-bond donors (Lipinski definition) is 1. The minimum absolute atomic E-state index is 0.0978. The maximum absolute atomic E-state index is 13.5. The van der Waals surface area contributed by atoms with Crippen molar-refractivity contribution in [2.45, 2.75) is 19.3 Å². The molecule has 1 atom stereocenters. The van der Waals surface area contributed by atoms with E-state index in [-0.39, 0.29) is 10.9 Å². The maximum atomic E-state index is 13.5. The number of anilines is 1. The number of likely N-dealkylation sites (tertiary alicyclic amines) is 1. The summed E-state index contributed by atoms with van der Waals surface area (Å²) in [7, 11) is 1.56. The Labute approximate surface area is 203 Å². The van der Waals surface area contributed by atoms with Gasteiger partial charge in [0.15, 0.2) is 0 Å². The summed E-state index contributed by atoms with van der Waals surface area (Å²) < 4.78 is 20.8. The van der Waals surface area contributed by atoms with Gasteiger partial charge in [-0.25, -0.2) is 0 Å². The van der Waals surface area contributed by atoms with Gasteiger partial charge in [0, 0.05) is 0 Å². The van der Waals surface area contributed by atoms with Crippen LogP contribution >= 0.6 is 11.6 Å². The first-order valence-corrected chi connectivity index (χ1v) is 13.3. The second-order valence-corrected chi connectivity index (χ2v) is 10.9. The van der Waals surface area contributed by atoms with Crippen LogP contribution in [0.3, 0.4) is 0 Å². The Morgan fingerprint density at radius 2 is 2.06 bits per heavy atom. The molecule has 2 heterocycles. The van der Waals surface area contributed by atoms with Crippen LogP contribution in [0.4, 0.5) is 10.1 Å². The standard InChI is InChI=1S/C24H25AsClFN4O2/c1-33-22-14-20-17(24(29-15-28-20)25-16-7-8-19(27)18(26)12-16)13-21(22)30-23(32)6-5-11-31-9-3-2-4-10-31/h5-8,12-15,25H,2-4,9-11H2,1H3,(H,30,32). The number of fused-ring (bicyclic) bond motifs is 1. The Morgan fingerprint density at radius 3 is 2.82 bits per heavy atom. The van der Waals surface area contributed by atoms with Crippen molar-refractivity contribution in [1.82, 2.24) is 14.9 Å². The van der Waals surface area contributed by atoms with Gasteiger partial charge in [0.25, 0.3) is 0 Å². The Balaban J connectivity index is 1.55. The van der Waals surface area contributed by atoms with Gasteiger partial charge in [-0.3, -0.25) is 0 Å². The first-order chi connectivity index (χ1) is 16.0. The number of benzene rings is 2. The van der Waals surface area contributed by atoms with Gasteiger partial charge in [-0.2, -0.15) is 0 Å². The van der Waals surface area contributed by atoms with Crippen LogP contribution in [-0.2, 0) is 4.79 Å². The van der Waals surface area contributed by atoms with Crippen molar-refractivity contribution in [3.8, 4) is 5.75 Å². The van der Waals surface area contributed by atoms with Crippen molar-refractivity contribution in [3.05, 3.63) is 59.7 Å². The summed E-state index contributed by atoms with van der Waals surface area (Å²) in [5.74, 6) is -0.137. The van der Waals surface area contributed by atoms with Gasteiger partial charge < -0.3 is 0 Å². The summed E-state index contributed by atoms with van der Waals surface area (Å²) in [4.78, 5) is 23.7. The van der Waals surface area contributed by atoms with Gasteiger partial charge in [0.2, 0.25) is 0 Å². The molecule has 4 rings (SSSR count). The molecular formula is C24H25AsClFN4O2. The molecule has 9 heteroatoms. The summed E-state index contributed by atoms with van der Waals surface area (Å²) in [6, 6.07) is 8.38. The summed E-state index contributed by atoms with van der Waals surface area (Å²) in [5, 5.41) is 3.84. The molecule has 1 fully saturated rings. The number of hydrogen-bond acceptors (Lipinski definition) is 5. The van der Waals surface area contributed by atoms with E-state index in [2.05, 4.69) is 20.2 Å². The first-order valence-electron chi connectivity index (χ1n) is 10.8. The average molecular weight is 531 g/mol. The van der Waals surface area contributed by atoms with Crippen molar-refractivity contribution in [2.24, 2.45) is 0 Å². The number of halogens is 2. The van der Waals surface area contributed by atoms with Crippen molar-refractivity contribution in [3.63, 3.8) is 0 Å². The molecule has 0 saturated carbocycles. The second-order valence-electron chi connectivity index (χ2n) is 7.80. The number of rotatable bonds is 7. The molecule has 0 spiro atoms. The molecule has 2 aromatic carbocycles.